The van der Waals surface area contributed by atoms with Crippen LogP contribution in [0.5, 0.6) is 0 Å². The average Bonchev–Trinajstić information content (AvgIpc) is 3.01. The molecule has 1 saturated heterocycles. The summed E-state index contributed by atoms with van der Waals surface area (Å²) in [6.45, 7) is 6.48. The van der Waals surface area contributed by atoms with E-state index in [0.29, 0.717) is 40.1 Å². The van der Waals surface area contributed by atoms with E-state index in [1.807, 2.05) is 0 Å². The highest BCUT2D eigenvalue weighted by atomic mass is 32.2. The van der Waals surface area contributed by atoms with Crippen LogP contribution in [0.25, 0.3) is 0 Å². The van der Waals surface area contributed by atoms with Gasteiger partial charge in [-0.1, -0.05) is 18.7 Å². The van der Waals surface area contributed by atoms with Crippen LogP contribution in [0, 0.1) is 31.5 Å². The second-order valence-electron chi connectivity index (χ2n) is 7.76. The van der Waals surface area contributed by atoms with Crippen LogP contribution < -0.4 is 11.1 Å². The number of aliphatic imine (C=N–C) groups is 1. The summed E-state index contributed by atoms with van der Waals surface area (Å²) in [6, 6.07) is 6.24. The van der Waals surface area contributed by atoms with Gasteiger partial charge in [0.05, 0.1) is 12.2 Å². The highest BCUT2D eigenvalue weighted by Gasteiger charge is 2.50. The van der Waals surface area contributed by atoms with E-state index in [1.54, 1.807) is 32.0 Å². The number of aryl methyl sites for hydroxylation is 2. The first-order chi connectivity index (χ1) is 13.8. The van der Waals surface area contributed by atoms with Crippen LogP contribution >= 0.6 is 11.8 Å². The third kappa shape index (κ3) is 3.55. The molecule has 8 heteroatoms. The Morgan fingerprint density at radius 1 is 1.38 bits per heavy atom. The summed E-state index contributed by atoms with van der Waals surface area (Å²) in [5.74, 6) is 1.56. The largest absolute Gasteiger partial charge is 0.466 e. The van der Waals surface area contributed by atoms with Gasteiger partial charge < -0.3 is 20.2 Å². The number of carbonyl (C=O) groups excluding carboxylic acids is 1. The van der Waals surface area contributed by atoms with E-state index in [1.165, 1.54) is 17.8 Å². The Morgan fingerprint density at radius 3 is 2.90 bits per heavy atom. The number of hydrogen-bond acceptors (Lipinski definition) is 6. The molecule has 0 bridgehead atoms. The third-order valence-corrected chi connectivity index (χ3v) is 6.61. The lowest BCUT2D eigenvalue weighted by Crippen LogP contribution is -2.51. The lowest BCUT2D eigenvalue weighted by molar-refractivity contribution is -0.0339. The molecule has 3 heterocycles. The molecule has 1 amide bonds. The summed E-state index contributed by atoms with van der Waals surface area (Å²) >= 11 is 1.49. The SMILES string of the molecule is Cc1cc(C(=O)Nc2ccc(F)c([C@]34COC[C@H](C)[C@H]3CSC(N)=N4)c2)c(C)o1. The number of benzene rings is 1. The molecule has 1 aromatic heterocycles. The zero-order valence-electron chi connectivity index (χ0n) is 16.6. The summed E-state index contributed by atoms with van der Waals surface area (Å²) < 4.78 is 26.2. The maximum atomic E-state index is 15.0. The maximum Gasteiger partial charge on any atom is 0.259 e. The quantitative estimate of drug-likeness (QED) is 0.792. The van der Waals surface area contributed by atoms with Crippen molar-refractivity contribution in [2.24, 2.45) is 22.6 Å². The van der Waals surface area contributed by atoms with Crippen molar-refractivity contribution in [2.75, 3.05) is 24.3 Å². The average molecular weight is 418 g/mol. The molecule has 2 aromatic rings. The maximum absolute atomic E-state index is 15.0. The van der Waals surface area contributed by atoms with Gasteiger partial charge in [0.15, 0.2) is 5.17 Å². The number of anilines is 1. The predicted molar refractivity (Wildman–Crippen MR) is 112 cm³/mol. The molecule has 0 unspecified atom stereocenters. The van der Waals surface area contributed by atoms with Gasteiger partial charge in [-0.25, -0.2) is 9.38 Å². The molecule has 0 saturated carbocycles. The number of amidine groups is 1. The molecule has 2 aliphatic heterocycles. The number of amides is 1. The van der Waals surface area contributed by atoms with Crippen molar-refractivity contribution in [1.29, 1.82) is 0 Å². The van der Waals surface area contributed by atoms with Gasteiger partial charge in [0.25, 0.3) is 5.91 Å². The number of furan rings is 1. The standard InChI is InChI=1S/C21H24FN3O3S/c1-11-8-27-10-21(17(11)9-29-20(23)25-21)16-7-14(4-5-18(16)22)24-19(26)15-6-12(2)28-13(15)3/h4-7,11,17H,8-10H2,1-3H3,(H2,23,25)(H,24,26)/t11-,17+,21+/m0/s1. The molecule has 3 N–H and O–H groups in total. The normalized spacial score (nSPS) is 26.6. The number of nitrogens with zero attached hydrogens (tertiary/aromatic N) is 1. The van der Waals surface area contributed by atoms with Crippen LogP contribution in [-0.4, -0.2) is 30.0 Å². The fourth-order valence-corrected chi connectivity index (χ4v) is 5.42. The monoisotopic (exact) mass is 417 g/mol. The molecule has 1 fully saturated rings. The van der Waals surface area contributed by atoms with Gasteiger partial charge in [0.1, 0.15) is 22.9 Å². The molecule has 0 spiro atoms. The Bertz CT molecular complexity index is 990. The first-order valence-corrected chi connectivity index (χ1v) is 10.5. The van der Waals surface area contributed by atoms with Gasteiger partial charge in [-0.05, 0) is 44.0 Å². The fraction of sp³-hybridized carbons (Fsp3) is 0.429. The Hall–Kier alpha value is -2.32. The first-order valence-electron chi connectivity index (χ1n) is 9.54. The zero-order valence-corrected chi connectivity index (χ0v) is 17.4. The number of ether oxygens (including phenoxy) is 1. The Labute approximate surface area is 173 Å². The summed E-state index contributed by atoms with van der Waals surface area (Å²) in [7, 11) is 0. The van der Waals surface area contributed by atoms with Crippen molar-refractivity contribution in [3.8, 4) is 0 Å². The Kier molecular flexibility index (Phi) is 5.16. The summed E-state index contributed by atoms with van der Waals surface area (Å²) in [5.41, 5.74) is 6.48. The minimum absolute atomic E-state index is 0.0905. The predicted octanol–water partition coefficient (Wildman–Crippen LogP) is 3.83. The number of rotatable bonds is 3. The van der Waals surface area contributed by atoms with Crippen LogP contribution in [0.15, 0.2) is 33.7 Å². The van der Waals surface area contributed by atoms with E-state index in [-0.39, 0.29) is 30.2 Å². The number of nitrogens with two attached hydrogens (primary N) is 1. The Balaban J connectivity index is 1.72. The minimum atomic E-state index is -0.889. The second-order valence-corrected chi connectivity index (χ2v) is 8.80. The van der Waals surface area contributed by atoms with E-state index in [2.05, 4.69) is 17.2 Å². The van der Waals surface area contributed by atoms with Gasteiger partial charge in [0.2, 0.25) is 0 Å². The molecule has 6 nitrogen and oxygen atoms in total. The lowest BCUT2D eigenvalue weighted by atomic mass is 9.72. The molecule has 2 aliphatic rings. The van der Waals surface area contributed by atoms with Crippen molar-refractivity contribution < 1.29 is 18.3 Å². The van der Waals surface area contributed by atoms with Crippen LogP contribution in [-0.2, 0) is 10.3 Å². The van der Waals surface area contributed by atoms with Crippen molar-refractivity contribution in [3.05, 3.63) is 52.7 Å². The van der Waals surface area contributed by atoms with E-state index in [9.17, 15) is 4.79 Å². The van der Waals surface area contributed by atoms with Gasteiger partial charge in [-0.3, -0.25) is 4.79 Å². The number of halogens is 1. The van der Waals surface area contributed by atoms with E-state index in [4.69, 9.17) is 14.9 Å². The number of nitrogens with one attached hydrogen (secondary N) is 1. The Morgan fingerprint density at radius 2 is 2.17 bits per heavy atom. The smallest absolute Gasteiger partial charge is 0.259 e. The number of fused-ring (bicyclic) bond motifs is 1. The zero-order chi connectivity index (χ0) is 20.8. The fourth-order valence-electron chi connectivity index (χ4n) is 4.24. The van der Waals surface area contributed by atoms with Crippen molar-refractivity contribution in [1.82, 2.24) is 0 Å². The van der Waals surface area contributed by atoms with Crippen molar-refractivity contribution >= 4 is 28.5 Å². The number of carbonyl (C=O) groups is 1. The molecule has 154 valence electrons. The molecule has 3 atom stereocenters. The summed E-state index contributed by atoms with van der Waals surface area (Å²) in [6.07, 6.45) is 0. The van der Waals surface area contributed by atoms with E-state index in [0.717, 1.165) is 5.75 Å². The molecular weight excluding hydrogens is 393 g/mol. The van der Waals surface area contributed by atoms with Crippen molar-refractivity contribution in [2.45, 2.75) is 26.3 Å². The molecular formula is C21H24FN3O3S. The first kappa shape index (κ1) is 20.0. The minimum Gasteiger partial charge on any atom is -0.466 e. The summed E-state index contributed by atoms with van der Waals surface area (Å²) in [4.78, 5) is 17.3. The molecule has 0 radical (unpaired) electrons. The molecule has 4 rings (SSSR count). The van der Waals surface area contributed by atoms with E-state index >= 15 is 4.39 Å². The highest BCUT2D eigenvalue weighted by Crippen LogP contribution is 2.47. The van der Waals surface area contributed by atoms with Gasteiger partial charge in [0, 0.05) is 29.5 Å². The summed E-state index contributed by atoms with van der Waals surface area (Å²) in [5, 5.41) is 3.27. The van der Waals surface area contributed by atoms with Crippen LogP contribution in [0.3, 0.4) is 0 Å². The number of thioether (sulfide) groups is 1. The van der Waals surface area contributed by atoms with E-state index < -0.39 is 5.54 Å². The van der Waals surface area contributed by atoms with Crippen LogP contribution in [0.1, 0.15) is 34.4 Å². The molecule has 1 aromatic carbocycles. The van der Waals surface area contributed by atoms with Gasteiger partial charge >= 0.3 is 0 Å². The van der Waals surface area contributed by atoms with Crippen molar-refractivity contribution in [3.63, 3.8) is 0 Å². The molecule has 0 aliphatic carbocycles. The highest BCUT2D eigenvalue weighted by molar-refractivity contribution is 8.13. The van der Waals surface area contributed by atoms with Gasteiger partial charge in [-0.2, -0.15) is 0 Å². The number of hydrogen-bond donors (Lipinski definition) is 2. The van der Waals surface area contributed by atoms with Crippen LogP contribution in [0.4, 0.5) is 10.1 Å². The third-order valence-electron chi connectivity index (χ3n) is 5.70. The molecule has 29 heavy (non-hydrogen) atoms. The lowest BCUT2D eigenvalue weighted by Gasteiger charge is -2.47. The topological polar surface area (TPSA) is 89.8 Å². The van der Waals surface area contributed by atoms with Crippen LogP contribution in [0.2, 0.25) is 0 Å². The van der Waals surface area contributed by atoms with Gasteiger partial charge in [-0.15, -0.1) is 0 Å². The second kappa shape index (κ2) is 7.50.